The first-order valence-corrected chi connectivity index (χ1v) is 7.97. The van der Waals surface area contributed by atoms with Crippen LogP contribution in [0.5, 0.6) is 0 Å². The van der Waals surface area contributed by atoms with E-state index in [-0.39, 0.29) is 25.4 Å². The van der Waals surface area contributed by atoms with Crippen molar-refractivity contribution in [2.75, 3.05) is 12.3 Å². The highest BCUT2D eigenvalue weighted by Crippen LogP contribution is 2.26. The number of anilines is 1. The number of esters is 1. The van der Waals surface area contributed by atoms with Gasteiger partial charge in [0.1, 0.15) is 6.33 Å². The molecule has 0 aliphatic heterocycles. The summed E-state index contributed by atoms with van der Waals surface area (Å²) in [6.07, 6.45) is 1.30. The summed E-state index contributed by atoms with van der Waals surface area (Å²) in [7, 11) is 0. The van der Waals surface area contributed by atoms with Gasteiger partial charge in [-0.15, -0.1) is 0 Å². The third-order valence-corrected chi connectivity index (χ3v) is 3.75. The number of benzene rings is 1. The quantitative estimate of drug-likeness (QED) is 0.606. The minimum Gasteiger partial charge on any atom is -0.481 e. The van der Waals surface area contributed by atoms with Gasteiger partial charge in [-0.2, -0.15) is 9.61 Å². The van der Waals surface area contributed by atoms with Crippen molar-refractivity contribution < 1.29 is 19.4 Å². The highest BCUT2D eigenvalue weighted by atomic mass is 16.5. The number of aliphatic carboxylic acids is 1. The van der Waals surface area contributed by atoms with E-state index >= 15 is 0 Å². The Labute approximate surface area is 148 Å². The molecule has 0 atom stereocenters. The summed E-state index contributed by atoms with van der Waals surface area (Å²) < 4.78 is 6.55. The van der Waals surface area contributed by atoms with Gasteiger partial charge in [0.15, 0.2) is 5.65 Å². The topological polar surface area (TPSA) is 133 Å². The molecule has 0 unspecified atom stereocenters. The summed E-state index contributed by atoms with van der Waals surface area (Å²) in [6.45, 7) is 0.0758. The van der Waals surface area contributed by atoms with Crippen molar-refractivity contribution in [3.8, 4) is 11.3 Å². The molecule has 0 aliphatic carbocycles. The first-order chi connectivity index (χ1) is 12.6. The first kappa shape index (κ1) is 17.3. The zero-order valence-electron chi connectivity index (χ0n) is 13.8. The third-order valence-electron chi connectivity index (χ3n) is 3.75. The molecule has 0 saturated carbocycles. The lowest BCUT2D eigenvalue weighted by Crippen LogP contribution is -2.12. The Morgan fingerprint density at radius 3 is 2.69 bits per heavy atom. The number of ether oxygens (including phenoxy) is 1. The molecule has 9 nitrogen and oxygen atoms in total. The SMILES string of the molecule is Nc1nc(-c2ccccc2)c(CCOC(=O)CCC(=O)O)c2ncnn12. The van der Waals surface area contributed by atoms with Crippen molar-refractivity contribution in [3.05, 3.63) is 42.2 Å². The zero-order chi connectivity index (χ0) is 18.5. The number of carboxylic acid groups (broad SMARTS) is 1. The van der Waals surface area contributed by atoms with Crippen LogP contribution in [-0.2, 0) is 20.7 Å². The van der Waals surface area contributed by atoms with Crippen molar-refractivity contribution in [1.82, 2.24) is 19.6 Å². The Hall–Kier alpha value is -3.49. The van der Waals surface area contributed by atoms with E-state index in [0.29, 0.717) is 17.8 Å². The molecular formula is C17H17N5O4. The van der Waals surface area contributed by atoms with E-state index in [9.17, 15) is 9.59 Å². The molecule has 0 saturated heterocycles. The van der Waals surface area contributed by atoms with Gasteiger partial charge in [-0.25, -0.2) is 9.97 Å². The van der Waals surface area contributed by atoms with Crippen molar-refractivity contribution in [2.24, 2.45) is 0 Å². The van der Waals surface area contributed by atoms with E-state index in [4.69, 9.17) is 15.6 Å². The Kier molecular flexibility index (Phi) is 5.07. The normalized spacial score (nSPS) is 10.8. The fourth-order valence-electron chi connectivity index (χ4n) is 2.56. The molecule has 3 N–H and O–H groups in total. The average molecular weight is 355 g/mol. The first-order valence-electron chi connectivity index (χ1n) is 7.97. The fourth-order valence-corrected chi connectivity index (χ4v) is 2.56. The van der Waals surface area contributed by atoms with Crippen LogP contribution in [0.4, 0.5) is 5.95 Å². The van der Waals surface area contributed by atoms with Gasteiger partial charge in [0.25, 0.3) is 0 Å². The van der Waals surface area contributed by atoms with Crippen LogP contribution in [0.1, 0.15) is 18.4 Å². The van der Waals surface area contributed by atoms with E-state index in [1.54, 1.807) is 0 Å². The van der Waals surface area contributed by atoms with Crippen LogP contribution in [0.3, 0.4) is 0 Å². The standard InChI is InChI=1S/C17H17N5O4/c18-17-21-15(11-4-2-1-3-5-11)12(16-19-10-20-22(16)17)8-9-26-14(25)7-6-13(23)24/h1-5,10H,6-9H2,(H2,18,21)(H,23,24). The molecule has 3 rings (SSSR count). The molecule has 0 bridgehead atoms. The smallest absolute Gasteiger partial charge is 0.306 e. The van der Waals surface area contributed by atoms with Crippen LogP contribution < -0.4 is 5.73 Å². The number of aromatic nitrogens is 4. The van der Waals surface area contributed by atoms with Gasteiger partial charge in [0, 0.05) is 17.5 Å². The molecule has 0 radical (unpaired) electrons. The molecule has 26 heavy (non-hydrogen) atoms. The van der Waals surface area contributed by atoms with Gasteiger partial charge in [0.05, 0.1) is 25.1 Å². The van der Waals surface area contributed by atoms with Crippen molar-refractivity contribution in [2.45, 2.75) is 19.3 Å². The lowest BCUT2D eigenvalue weighted by atomic mass is 10.0. The average Bonchev–Trinajstić information content (AvgIpc) is 3.13. The van der Waals surface area contributed by atoms with Gasteiger partial charge >= 0.3 is 11.9 Å². The molecule has 3 aromatic rings. The van der Waals surface area contributed by atoms with Gasteiger partial charge in [-0.05, 0) is 0 Å². The van der Waals surface area contributed by atoms with E-state index in [2.05, 4.69) is 15.1 Å². The number of carboxylic acids is 1. The van der Waals surface area contributed by atoms with Gasteiger partial charge in [-0.3, -0.25) is 9.59 Å². The Bertz CT molecular complexity index is 939. The Morgan fingerprint density at radius 2 is 1.96 bits per heavy atom. The van der Waals surface area contributed by atoms with Crippen LogP contribution in [0, 0.1) is 0 Å². The van der Waals surface area contributed by atoms with Crippen LogP contribution in [0.25, 0.3) is 16.9 Å². The molecule has 0 amide bonds. The van der Waals surface area contributed by atoms with E-state index < -0.39 is 11.9 Å². The van der Waals surface area contributed by atoms with E-state index in [0.717, 1.165) is 11.1 Å². The van der Waals surface area contributed by atoms with Gasteiger partial charge in [0.2, 0.25) is 5.95 Å². The van der Waals surface area contributed by atoms with Gasteiger partial charge < -0.3 is 15.6 Å². The Morgan fingerprint density at radius 1 is 1.19 bits per heavy atom. The molecule has 0 spiro atoms. The maximum absolute atomic E-state index is 11.6. The van der Waals surface area contributed by atoms with Crippen molar-refractivity contribution in [1.29, 1.82) is 0 Å². The lowest BCUT2D eigenvalue weighted by Gasteiger charge is -2.12. The van der Waals surface area contributed by atoms with Crippen molar-refractivity contribution >= 4 is 23.5 Å². The number of carbonyl (C=O) groups is 2. The van der Waals surface area contributed by atoms with Crippen molar-refractivity contribution in [3.63, 3.8) is 0 Å². The summed E-state index contributed by atoms with van der Waals surface area (Å²) in [6, 6.07) is 9.47. The number of carbonyl (C=O) groups excluding carboxylic acids is 1. The Balaban J connectivity index is 1.84. The number of nitrogen functional groups attached to an aromatic ring is 1. The van der Waals surface area contributed by atoms with Crippen LogP contribution >= 0.6 is 0 Å². The molecule has 9 heteroatoms. The molecule has 0 aliphatic rings. The zero-order valence-corrected chi connectivity index (χ0v) is 13.8. The molecule has 1 aromatic carbocycles. The molecule has 2 heterocycles. The molecule has 0 fully saturated rings. The van der Waals surface area contributed by atoms with Crippen LogP contribution in [-0.4, -0.2) is 43.2 Å². The number of fused-ring (bicyclic) bond motifs is 1. The second kappa shape index (κ2) is 7.60. The molecular weight excluding hydrogens is 338 g/mol. The number of nitrogens with two attached hydrogens (primary N) is 1. The number of nitrogens with zero attached hydrogens (tertiary/aromatic N) is 4. The highest BCUT2D eigenvalue weighted by Gasteiger charge is 2.17. The predicted octanol–water partition coefficient (Wildman–Crippen LogP) is 1.32. The minimum absolute atomic E-state index is 0.0758. The number of hydrogen-bond donors (Lipinski definition) is 2. The maximum atomic E-state index is 11.6. The summed E-state index contributed by atoms with van der Waals surface area (Å²) in [5.74, 6) is -1.39. The van der Waals surface area contributed by atoms with E-state index in [1.165, 1.54) is 10.8 Å². The number of rotatable bonds is 7. The largest absolute Gasteiger partial charge is 0.481 e. The third kappa shape index (κ3) is 3.77. The summed E-state index contributed by atoms with van der Waals surface area (Å²) in [5, 5.41) is 12.7. The maximum Gasteiger partial charge on any atom is 0.306 e. The highest BCUT2D eigenvalue weighted by molar-refractivity contribution is 5.76. The number of hydrogen-bond acceptors (Lipinski definition) is 7. The summed E-state index contributed by atoms with van der Waals surface area (Å²) in [5.41, 5.74) is 8.75. The predicted molar refractivity (Wildman–Crippen MR) is 92.2 cm³/mol. The molecule has 2 aromatic heterocycles. The fraction of sp³-hybridized carbons (Fsp3) is 0.235. The van der Waals surface area contributed by atoms with Crippen LogP contribution in [0.15, 0.2) is 36.7 Å². The summed E-state index contributed by atoms with van der Waals surface area (Å²) >= 11 is 0. The monoisotopic (exact) mass is 355 g/mol. The van der Waals surface area contributed by atoms with Crippen LogP contribution in [0.2, 0.25) is 0 Å². The van der Waals surface area contributed by atoms with Gasteiger partial charge in [-0.1, -0.05) is 30.3 Å². The second-order valence-electron chi connectivity index (χ2n) is 5.52. The minimum atomic E-state index is -1.04. The molecule has 134 valence electrons. The summed E-state index contributed by atoms with van der Waals surface area (Å²) in [4.78, 5) is 30.8. The van der Waals surface area contributed by atoms with E-state index in [1.807, 2.05) is 30.3 Å². The lowest BCUT2D eigenvalue weighted by molar-refractivity contribution is -0.147. The second-order valence-corrected chi connectivity index (χ2v) is 5.52.